The van der Waals surface area contributed by atoms with Crippen LogP contribution in [-0.4, -0.2) is 41.4 Å². The monoisotopic (exact) mass is 354 g/mol. The number of carbonyl (C=O) groups is 3. The van der Waals surface area contributed by atoms with Gasteiger partial charge in [0.1, 0.15) is 17.8 Å². The highest BCUT2D eigenvalue weighted by molar-refractivity contribution is 6.10. The van der Waals surface area contributed by atoms with Crippen molar-refractivity contribution in [2.24, 2.45) is 0 Å². The number of amides is 4. The van der Waals surface area contributed by atoms with Crippen LogP contribution in [0.1, 0.15) is 12.5 Å². The molecule has 1 aliphatic rings. The van der Waals surface area contributed by atoms with Crippen molar-refractivity contribution in [1.29, 1.82) is 0 Å². The lowest BCUT2D eigenvalue weighted by molar-refractivity contribution is -0.133. The number of methoxy groups -OCH3 is 1. The summed E-state index contributed by atoms with van der Waals surface area (Å²) in [6, 6.07) is 9.54. The Balaban J connectivity index is 1.74. The number of anilines is 1. The van der Waals surface area contributed by atoms with E-state index in [-0.39, 0.29) is 6.54 Å². The largest absolute Gasteiger partial charge is 0.497 e. The van der Waals surface area contributed by atoms with Crippen molar-refractivity contribution in [3.8, 4) is 5.75 Å². The molecule has 0 saturated carbocycles. The molecule has 1 aromatic heterocycles. The minimum Gasteiger partial charge on any atom is -0.497 e. The molecule has 1 fully saturated rings. The second-order valence-electron chi connectivity index (χ2n) is 5.96. The van der Waals surface area contributed by atoms with E-state index in [1.807, 2.05) is 0 Å². The Morgan fingerprint density at radius 1 is 1.27 bits per heavy atom. The van der Waals surface area contributed by atoms with Crippen LogP contribution in [0.25, 0.3) is 0 Å². The zero-order chi connectivity index (χ0) is 18.7. The first kappa shape index (κ1) is 17.4. The number of hydrogen-bond donors (Lipinski definition) is 2. The van der Waals surface area contributed by atoms with Crippen molar-refractivity contribution < 1.29 is 19.1 Å². The topological polar surface area (TPSA) is 101 Å². The Kier molecular flexibility index (Phi) is 4.57. The predicted octanol–water partition coefficient (Wildman–Crippen LogP) is 1.50. The van der Waals surface area contributed by atoms with Gasteiger partial charge in [-0.2, -0.15) is 0 Å². The summed E-state index contributed by atoms with van der Waals surface area (Å²) in [5.41, 5.74) is -0.146. The summed E-state index contributed by atoms with van der Waals surface area (Å²) < 4.78 is 5.10. The maximum atomic E-state index is 12.8. The molecule has 0 spiro atoms. The molecule has 2 aromatic rings. The van der Waals surface area contributed by atoms with E-state index < -0.39 is 23.4 Å². The number of nitrogens with one attached hydrogen (secondary N) is 2. The van der Waals surface area contributed by atoms with Gasteiger partial charge >= 0.3 is 6.03 Å². The number of ether oxygens (including phenoxy) is 1. The van der Waals surface area contributed by atoms with Gasteiger partial charge in [-0.1, -0.05) is 12.1 Å². The van der Waals surface area contributed by atoms with E-state index in [1.54, 1.807) is 56.6 Å². The van der Waals surface area contributed by atoms with Gasteiger partial charge in [-0.05, 0) is 36.8 Å². The molecule has 1 saturated heterocycles. The van der Waals surface area contributed by atoms with Crippen LogP contribution < -0.4 is 15.4 Å². The van der Waals surface area contributed by atoms with E-state index in [4.69, 9.17) is 4.74 Å². The Morgan fingerprint density at radius 3 is 2.62 bits per heavy atom. The number of carbonyl (C=O) groups excluding carboxylic acids is 3. The highest BCUT2D eigenvalue weighted by Crippen LogP contribution is 2.29. The Morgan fingerprint density at radius 2 is 2.00 bits per heavy atom. The zero-order valence-corrected chi connectivity index (χ0v) is 14.4. The van der Waals surface area contributed by atoms with Gasteiger partial charge in [0.05, 0.1) is 19.0 Å². The van der Waals surface area contributed by atoms with Crippen molar-refractivity contribution in [3.05, 3.63) is 54.4 Å². The van der Waals surface area contributed by atoms with Crippen LogP contribution >= 0.6 is 0 Å². The van der Waals surface area contributed by atoms with Crippen LogP contribution in [0.5, 0.6) is 5.75 Å². The summed E-state index contributed by atoms with van der Waals surface area (Å²) in [5.74, 6) is -0.337. The number of imide groups is 1. The first-order valence-corrected chi connectivity index (χ1v) is 7.92. The molecule has 2 N–H and O–H groups in total. The SMILES string of the molecule is COc1ccc(C2(C)NC(=O)N(CC(=O)Nc3cccnc3)C2=O)cc1. The number of aromatic nitrogens is 1. The van der Waals surface area contributed by atoms with Crippen LogP contribution in [0.4, 0.5) is 10.5 Å². The summed E-state index contributed by atoms with van der Waals surface area (Å²) in [6.07, 6.45) is 3.05. The second kappa shape index (κ2) is 6.83. The first-order valence-electron chi connectivity index (χ1n) is 7.92. The normalized spacial score (nSPS) is 19.2. The maximum absolute atomic E-state index is 12.8. The van der Waals surface area contributed by atoms with Crippen LogP contribution in [0.2, 0.25) is 0 Å². The molecular weight excluding hydrogens is 336 g/mol. The van der Waals surface area contributed by atoms with Gasteiger partial charge in [-0.15, -0.1) is 0 Å². The van der Waals surface area contributed by atoms with E-state index in [1.165, 1.54) is 6.20 Å². The van der Waals surface area contributed by atoms with Gasteiger partial charge in [0.15, 0.2) is 0 Å². The van der Waals surface area contributed by atoms with Gasteiger partial charge in [0.2, 0.25) is 5.91 Å². The van der Waals surface area contributed by atoms with Gasteiger partial charge in [-0.3, -0.25) is 19.5 Å². The number of urea groups is 1. The minimum atomic E-state index is -1.24. The van der Waals surface area contributed by atoms with Crippen molar-refractivity contribution >= 4 is 23.5 Å². The molecular formula is C18H18N4O4. The average molecular weight is 354 g/mol. The third-order valence-corrected chi connectivity index (χ3v) is 4.19. The zero-order valence-electron chi connectivity index (χ0n) is 14.4. The molecule has 26 heavy (non-hydrogen) atoms. The van der Waals surface area contributed by atoms with Gasteiger partial charge in [0.25, 0.3) is 5.91 Å². The Bertz CT molecular complexity index is 838. The molecule has 4 amide bonds. The minimum absolute atomic E-state index is 0.384. The summed E-state index contributed by atoms with van der Waals surface area (Å²) in [5, 5.41) is 5.26. The van der Waals surface area contributed by atoms with Crippen molar-refractivity contribution in [2.45, 2.75) is 12.5 Å². The maximum Gasteiger partial charge on any atom is 0.325 e. The lowest BCUT2D eigenvalue weighted by Crippen LogP contribution is -2.42. The number of hydrogen-bond acceptors (Lipinski definition) is 5. The third kappa shape index (κ3) is 3.21. The van der Waals surface area contributed by atoms with Crippen LogP contribution in [-0.2, 0) is 15.1 Å². The number of rotatable bonds is 5. The van der Waals surface area contributed by atoms with E-state index in [2.05, 4.69) is 15.6 Å². The average Bonchev–Trinajstić information content (AvgIpc) is 2.86. The first-order chi connectivity index (χ1) is 12.4. The number of benzene rings is 1. The standard InChI is InChI=1S/C18H18N4O4/c1-18(12-5-7-14(26-2)8-6-12)16(24)22(17(25)21-18)11-15(23)20-13-4-3-9-19-10-13/h3-10H,11H2,1-2H3,(H,20,23)(H,21,25). The van der Waals surface area contributed by atoms with E-state index in [0.717, 1.165) is 4.90 Å². The molecule has 1 aromatic carbocycles. The quantitative estimate of drug-likeness (QED) is 0.793. The van der Waals surface area contributed by atoms with Gasteiger partial charge in [0, 0.05) is 6.20 Å². The van der Waals surface area contributed by atoms with Crippen molar-refractivity contribution in [3.63, 3.8) is 0 Å². The van der Waals surface area contributed by atoms with Gasteiger partial charge < -0.3 is 15.4 Å². The number of nitrogens with zero attached hydrogens (tertiary/aromatic N) is 2. The van der Waals surface area contributed by atoms with Crippen LogP contribution in [0, 0.1) is 0 Å². The predicted molar refractivity (Wildman–Crippen MR) is 93.5 cm³/mol. The summed E-state index contributed by atoms with van der Waals surface area (Å²) in [7, 11) is 1.54. The molecule has 1 atom stereocenters. The molecule has 0 aliphatic carbocycles. The molecule has 134 valence electrons. The van der Waals surface area contributed by atoms with E-state index >= 15 is 0 Å². The fraction of sp³-hybridized carbons (Fsp3) is 0.222. The van der Waals surface area contributed by atoms with Crippen LogP contribution in [0.3, 0.4) is 0 Å². The molecule has 1 unspecified atom stereocenters. The number of pyridine rings is 1. The fourth-order valence-electron chi connectivity index (χ4n) is 2.74. The summed E-state index contributed by atoms with van der Waals surface area (Å²) >= 11 is 0. The lowest BCUT2D eigenvalue weighted by Gasteiger charge is -2.22. The van der Waals surface area contributed by atoms with Crippen molar-refractivity contribution in [1.82, 2.24) is 15.2 Å². The molecule has 1 aliphatic heterocycles. The Labute approximate surface area is 150 Å². The van der Waals surface area contributed by atoms with E-state index in [0.29, 0.717) is 17.0 Å². The van der Waals surface area contributed by atoms with Crippen molar-refractivity contribution in [2.75, 3.05) is 19.0 Å². The summed E-state index contributed by atoms with van der Waals surface area (Å²) in [6.45, 7) is 1.22. The van der Waals surface area contributed by atoms with Gasteiger partial charge in [-0.25, -0.2) is 4.79 Å². The molecule has 3 rings (SSSR count). The highest BCUT2D eigenvalue weighted by Gasteiger charge is 2.49. The van der Waals surface area contributed by atoms with Crippen LogP contribution in [0.15, 0.2) is 48.8 Å². The molecule has 8 nitrogen and oxygen atoms in total. The molecule has 0 bridgehead atoms. The molecule has 8 heteroatoms. The fourth-order valence-corrected chi connectivity index (χ4v) is 2.74. The second-order valence-corrected chi connectivity index (χ2v) is 5.96. The van der Waals surface area contributed by atoms with E-state index in [9.17, 15) is 14.4 Å². The molecule has 0 radical (unpaired) electrons. The summed E-state index contributed by atoms with van der Waals surface area (Å²) in [4.78, 5) is 42.0. The highest BCUT2D eigenvalue weighted by atomic mass is 16.5. The lowest BCUT2D eigenvalue weighted by atomic mass is 9.92. The third-order valence-electron chi connectivity index (χ3n) is 4.19. The Hall–Kier alpha value is -3.42. The smallest absolute Gasteiger partial charge is 0.325 e. The molecule has 2 heterocycles.